The number of hydrazine groups is 1. The van der Waals surface area contributed by atoms with Crippen LogP contribution in [0.2, 0.25) is 5.02 Å². The molecule has 0 unspecified atom stereocenters. The van der Waals surface area contributed by atoms with E-state index in [1.807, 2.05) is 24.5 Å². The fourth-order valence-electron chi connectivity index (χ4n) is 1.91. The van der Waals surface area contributed by atoms with Gasteiger partial charge in [0, 0.05) is 10.7 Å². The first-order valence-electron chi connectivity index (χ1n) is 7.85. The molecule has 0 aliphatic carbocycles. The minimum absolute atomic E-state index is 0.331. The van der Waals surface area contributed by atoms with Crippen LogP contribution in [-0.4, -0.2) is 24.3 Å². The zero-order chi connectivity index (χ0) is 18.9. The van der Waals surface area contributed by atoms with E-state index in [0.717, 1.165) is 12.0 Å². The molecule has 26 heavy (non-hydrogen) atoms. The van der Waals surface area contributed by atoms with E-state index in [2.05, 4.69) is 10.7 Å². The molecule has 3 N–H and O–H groups in total. The molecule has 0 aliphatic rings. The Bertz CT molecular complexity index is 776. The topological polar surface area (TPSA) is 96.5 Å². The highest BCUT2D eigenvalue weighted by Gasteiger charge is 2.14. The monoisotopic (exact) mass is 375 g/mol. The second-order valence-corrected chi connectivity index (χ2v) is 5.69. The van der Waals surface area contributed by atoms with Gasteiger partial charge in [0.1, 0.15) is 5.75 Å². The average Bonchev–Trinajstić information content (AvgIpc) is 2.66. The molecule has 3 amide bonds. The van der Waals surface area contributed by atoms with Crippen LogP contribution in [0.25, 0.3) is 0 Å². The normalized spacial score (nSPS) is 9.92. The fourth-order valence-corrected chi connectivity index (χ4v) is 2.04. The highest BCUT2D eigenvalue weighted by Crippen LogP contribution is 2.15. The van der Waals surface area contributed by atoms with Gasteiger partial charge in [-0.1, -0.05) is 30.7 Å². The molecule has 0 radical (unpaired) electrons. The zero-order valence-corrected chi connectivity index (χ0v) is 14.8. The van der Waals surface area contributed by atoms with Crippen molar-refractivity contribution in [2.45, 2.75) is 13.3 Å². The maximum absolute atomic E-state index is 11.8. The van der Waals surface area contributed by atoms with Gasteiger partial charge in [0.2, 0.25) is 0 Å². The summed E-state index contributed by atoms with van der Waals surface area (Å²) in [4.78, 5) is 35.1. The van der Waals surface area contributed by atoms with Gasteiger partial charge >= 0.3 is 11.8 Å². The standard InChI is InChI=1S/C18H18ClN3O4/c1-2-12-3-7-14(8-4-12)20-17(24)18(25)22-21-16(23)11-26-15-9-5-13(19)6-10-15/h3-10H,2,11H2,1H3,(H,20,24)(H,21,23)(H,22,25). The third-order valence-electron chi connectivity index (χ3n) is 3.33. The largest absolute Gasteiger partial charge is 0.484 e. The first kappa shape index (κ1) is 19.3. The molecule has 0 bridgehead atoms. The highest BCUT2D eigenvalue weighted by molar-refractivity contribution is 6.39. The predicted octanol–water partition coefficient (Wildman–Crippen LogP) is 2.07. The van der Waals surface area contributed by atoms with Gasteiger partial charge in [0.15, 0.2) is 6.61 Å². The quantitative estimate of drug-likeness (QED) is 0.550. The number of ether oxygens (including phenoxy) is 1. The van der Waals surface area contributed by atoms with E-state index in [1.54, 1.807) is 36.4 Å². The number of hydrogen-bond acceptors (Lipinski definition) is 4. The molecule has 0 saturated carbocycles. The van der Waals surface area contributed by atoms with Crippen LogP contribution in [0.3, 0.4) is 0 Å². The molecule has 0 heterocycles. The Kier molecular flexibility index (Phi) is 6.99. The number of nitrogens with one attached hydrogen (secondary N) is 3. The maximum atomic E-state index is 11.8. The lowest BCUT2D eigenvalue weighted by molar-refractivity contribution is -0.138. The van der Waals surface area contributed by atoms with Crippen LogP contribution in [0.1, 0.15) is 12.5 Å². The molecule has 0 spiro atoms. The van der Waals surface area contributed by atoms with Crippen molar-refractivity contribution in [3.05, 3.63) is 59.1 Å². The molecular formula is C18H18ClN3O4. The van der Waals surface area contributed by atoms with Crippen molar-refractivity contribution in [1.29, 1.82) is 0 Å². The molecule has 0 fully saturated rings. The lowest BCUT2D eigenvalue weighted by atomic mass is 10.1. The molecule has 136 valence electrons. The van der Waals surface area contributed by atoms with Crippen molar-refractivity contribution in [2.75, 3.05) is 11.9 Å². The van der Waals surface area contributed by atoms with E-state index in [4.69, 9.17) is 16.3 Å². The molecule has 0 saturated heterocycles. The number of halogens is 1. The summed E-state index contributed by atoms with van der Waals surface area (Å²) in [5.74, 6) is -2.06. The molecule has 0 aromatic heterocycles. The van der Waals surface area contributed by atoms with Gasteiger partial charge in [-0.05, 0) is 48.4 Å². The number of carbonyl (C=O) groups excluding carboxylic acids is 3. The summed E-state index contributed by atoms with van der Waals surface area (Å²) in [6.07, 6.45) is 0.874. The molecule has 8 heteroatoms. The summed E-state index contributed by atoms with van der Waals surface area (Å²) in [5, 5.41) is 2.98. The first-order chi connectivity index (χ1) is 12.5. The summed E-state index contributed by atoms with van der Waals surface area (Å²) in [7, 11) is 0. The summed E-state index contributed by atoms with van der Waals surface area (Å²) in [5.41, 5.74) is 5.71. The third-order valence-corrected chi connectivity index (χ3v) is 3.58. The van der Waals surface area contributed by atoms with Crippen molar-refractivity contribution in [3.8, 4) is 5.75 Å². The number of aryl methyl sites for hydroxylation is 1. The number of hydrogen-bond donors (Lipinski definition) is 3. The van der Waals surface area contributed by atoms with Crippen LogP contribution in [0.5, 0.6) is 5.75 Å². The van der Waals surface area contributed by atoms with Crippen molar-refractivity contribution in [2.24, 2.45) is 0 Å². The Morgan fingerprint density at radius 1 is 0.923 bits per heavy atom. The molecule has 2 rings (SSSR count). The lowest BCUT2D eigenvalue weighted by Crippen LogP contribution is -2.48. The molecule has 2 aromatic carbocycles. The number of amides is 3. The van der Waals surface area contributed by atoms with Crippen LogP contribution >= 0.6 is 11.6 Å². The number of benzene rings is 2. The predicted molar refractivity (Wildman–Crippen MR) is 97.7 cm³/mol. The second-order valence-electron chi connectivity index (χ2n) is 5.25. The summed E-state index contributed by atoms with van der Waals surface area (Å²) < 4.78 is 5.21. The Morgan fingerprint density at radius 2 is 1.58 bits per heavy atom. The van der Waals surface area contributed by atoms with Crippen LogP contribution in [0.4, 0.5) is 5.69 Å². The van der Waals surface area contributed by atoms with Gasteiger partial charge in [-0.3, -0.25) is 25.2 Å². The van der Waals surface area contributed by atoms with Crippen molar-refractivity contribution >= 4 is 35.0 Å². The second kappa shape index (κ2) is 9.43. The summed E-state index contributed by atoms with van der Waals surface area (Å²) in [6.45, 7) is 1.68. The molecule has 7 nitrogen and oxygen atoms in total. The van der Waals surface area contributed by atoms with Gasteiger partial charge < -0.3 is 10.1 Å². The minimum atomic E-state index is -0.996. The van der Waals surface area contributed by atoms with Crippen LogP contribution in [0.15, 0.2) is 48.5 Å². The molecule has 2 aromatic rings. The Hall–Kier alpha value is -3.06. The summed E-state index contributed by atoms with van der Waals surface area (Å²) in [6, 6.07) is 13.5. The Morgan fingerprint density at radius 3 is 2.19 bits per heavy atom. The average molecular weight is 376 g/mol. The lowest BCUT2D eigenvalue weighted by Gasteiger charge is -2.09. The van der Waals surface area contributed by atoms with Gasteiger partial charge in [-0.2, -0.15) is 0 Å². The third kappa shape index (κ3) is 6.10. The van der Waals surface area contributed by atoms with Gasteiger partial charge in [-0.25, -0.2) is 0 Å². The zero-order valence-electron chi connectivity index (χ0n) is 14.0. The van der Waals surface area contributed by atoms with Crippen LogP contribution in [-0.2, 0) is 20.8 Å². The summed E-state index contributed by atoms with van der Waals surface area (Å²) >= 11 is 5.74. The van der Waals surface area contributed by atoms with Gasteiger partial charge in [-0.15, -0.1) is 0 Å². The minimum Gasteiger partial charge on any atom is -0.484 e. The van der Waals surface area contributed by atoms with E-state index in [-0.39, 0.29) is 6.61 Å². The Balaban J connectivity index is 1.73. The van der Waals surface area contributed by atoms with E-state index in [0.29, 0.717) is 16.5 Å². The van der Waals surface area contributed by atoms with Crippen LogP contribution in [0, 0.1) is 0 Å². The van der Waals surface area contributed by atoms with Gasteiger partial charge in [0.25, 0.3) is 5.91 Å². The maximum Gasteiger partial charge on any atom is 0.328 e. The SMILES string of the molecule is CCc1ccc(NC(=O)C(=O)NNC(=O)COc2ccc(Cl)cc2)cc1. The highest BCUT2D eigenvalue weighted by atomic mass is 35.5. The van der Waals surface area contributed by atoms with Crippen molar-refractivity contribution in [3.63, 3.8) is 0 Å². The van der Waals surface area contributed by atoms with E-state index >= 15 is 0 Å². The molecular weight excluding hydrogens is 358 g/mol. The Labute approximate surface area is 155 Å². The van der Waals surface area contributed by atoms with Crippen molar-refractivity contribution < 1.29 is 19.1 Å². The van der Waals surface area contributed by atoms with Crippen LogP contribution < -0.4 is 20.9 Å². The van der Waals surface area contributed by atoms with E-state index in [1.165, 1.54) is 0 Å². The van der Waals surface area contributed by atoms with Gasteiger partial charge in [0.05, 0.1) is 0 Å². The molecule has 0 aliphatic heterocycles. The number of carbonyl (C=O) groups is 3. The fraction of sp³-hybridized carbons (Fsp3) is 0.167. The first-order valence-corrected chi connectivity index (χ1v) is 8.23. The smallest absolute Gasteiger partial charge is 0.328 e. The van der Waals surface area contributed by atoms with E-state index < -0.39 is 17.7 Å². The van der Waals surface area contributed by atoms with E-state index in [9.17, 15) is 14.4 Å². The number of anilines is 1. The number of rotatable bonds is 5. The van der Waals surface area contributed by atoms with Crippen molar-refractivity contribution in [1.82, 2.24) is 10.9 Å². The molecule has 0 atom stereocenters.